The molecular formula is C19H23ClN4O4. The number of rotatable bonds is 7. The van der Waals surface area contributed by atoms with Gasteiger partial charge in [-0.25, -0.2) is 4.79 Å². The molecule has 2 amide bonds. The Kier molecular flexibility index (Phi) is 7.17. The Morgan fingerprint density at radius 1 is 1.21 bits per heavy atom. The van der Waals surface area contributed by atoms with Gasteiger partial charge in [-0.15, -0.1) is 0 Å². The van der Waals surface area contributed by atoms with Gasteiger partial charge >= 0.3 is 5.97 Å². The van der Waals surface area contributed by atoms with Crippen LogP contribution in [0.5, 0.6) is 0 Å². The number of aryl methyl sites for hydroxylation is 1. The number of anilines is 2. The molecule has 0 unspecified atom stereocenters. The number of nitrogens with zero attached hydrogens (tertiary/aromatic N) is 2. The van der Waals surface area contributed by atoms with Crippen LogP contribution in [0, 0.1) is 12.8 Å². The van der Waals surface area contributed by atoms with Gasteiger partial charge in [0.05, 0.1) is 5.69 Å². The van der Waals surface area contributed by atoms with E-state index in [1.807, 2.05) is 13.8 Å². The van der Waals surface area contributed by atoms with Crippen molar-refractivity contribution in [1.82, 2.24) is 9.78 Å². The monoisotopic (exact) mass is 406 g/mol. The molecule has 0 aliphatic heterocycles. The number of esters is 1. The van der Waals surface area contributed by atoms with E-state index in [4.69, 9.17) is 16.3 Å². The van der Waals surface area contributed by atoms with Gasteiger partial charge < -0.3 is 15.4 Å². The van der Waals surface area contributed by atoms with Gasteiger partial charge in [0, 0.05) is 24.8 Å². The normalized spacial score (nSPS) is 10.6. The Labute approximate surface area is 168 Å². The van der Waals surface area contributed by atoms with E-state index in [0.29, 0.717) is 29.5 Å². The summed E-state index contributed by atoms with van der Waals surface area (Å²) in [5.41, 5.74) is 1.61. The van der Waals surface area contributed by atoms with E-state index in [0.717, 1.165) is 0 Å². The highest BCUT2D eigenvalue weighted by Crippen LogP contribution is 2.22. The average Bonchev–Trinajstić information content (AvgIpc) is 2.85. The van der Waals surface area contributed by atoms with Crippen LogP contribution in [0.1, 0.15) is 36.8 Å². The largest absolute Gasteiger partial charge is 0.452 e. The summed E-state index contributed by atoms with van der Waals surface area (Å²) in [6.07, 6.45) is 0. The molecule has 8 nitrogen and oxygen atoms in total. The number of halogens is 1. The SMILES string of the molecule is CC(=O)Nc1cccc(NC(=O)COC(=O)c2c(C)nn(CC(C)C)c2Cl)c1. The highest BCUT2D eigenvalue weighted by molar-refractivity contribution is 6.32. The molecule has 0 radical (unpaired) electrons. The number of ether oxygens (including phenoxy) is 1. The zero-order valence-electron chi connectivity index (χ0n) is 16.2. The van der Waals surface area contributed by atoms with Gasteiger partial charge in [0.15, 0.2) is 6.61 Å². The Morgan fingerprint density at radius 2 is 1.86 bits per heavy atom. The summed E-state index contributed by atoms with van der Waals surface area (Å²) in [6, 6.07) is 6.62. The van der Waals surface area contributed by atoms with Gasteiger partial charge in [0.2, 0.25) is 5.91 Å². The quantitative estimate of drug-likeness (QED) is 0.687. The third-order valence-corrected chi connectivity index (χ3v) is 3.99. The predicted octanol–water partition coefficient (Wildman–Crippen LogP) is 3.25. The lowest BCUT2D eigenvalue weighted by molar-refractivity contribution is -0.119. The Hall–Kier alpha value is -2.87. The van der Waals surface area contributed by atoms with Crippen molar-refractivity contribution in [3.63, 3.8) is 0 Å². The number of hydrogen-bond donors (Lipinski definition) is 2. The molecule has 9 heteroatoms. The summed E-state index contributed by atoms with van der Waals surface area (Å²) < 4.78 is 6.63. The third kappa shape index (κ3) is 5.82. The minimum absolute atomic E-state index is 0.155. The summed E-state index contributed by atoms with van der Waals surface area (Å²) >= 11 is 6.24. The van der Waals surface area contributed by atoms with Gasteiger partial charge in [-0.1, -0.05) is 31.5 Å². The van der Waals surface area contributed by atoms with Crippen molar-refractivity contribution in [1.29, 1.82) is 0 Å². The lowest BCUT2D eigenvalue weighted by Crippen LogP contribution is -2.21. The van der Waals surface area contributed by atoms with E-state index in [9.17, 15) is 14.4 Å². The Balaban J connectivity index is 1.97. The van der Waals surface area contributed by atoms with Crippen LogP contribution < -0.4 is 10.6 Å². The second-order valence-corrected chi connectivity index (χ2v) is 7.07. The summed E-state index contributed by atoms with van der Waals surface area (Å²) in [5.74, 6) is -1.14. The zero-order valence-corrected chi connectivity index (χ0v) is 17.0. The maximum atomic E-state index is 12.3. The van der Waals surface area contributed by atoms with Gasteiger partial charge in [-0.05, 0) is 31.0 Å². The number of benzene rings is 1. The number of carbonyl (C=O) groups excluding carboxylic acids is 3. The fourth-order valence-electron chi connectivity index (χ4n) is 2.53. The van der Waals surface area contributed by atoms with Crippen molar-refractivity contribution in [2.45, 2.75) is 34.2 Å². The molecule has 0 spiro atoms. The van der Waals surface area contributed by atoms with E-state index in [2.05, 4.69) is 15.7 Å². The summed E-state index contributed by atoms with van der Waals surface area (Å²) in [5, 5.41) is 9.66. The molecule has 2 rings (SSSR count). The van der Waals surface area contributed by atoms with E-state index in [1.54, 1.807) is 35.9 Å². The van der Waals surface area contributed by atoms with Crippen molar-refractivity contribution in [3.8, 4) is 0 Å². The molecule has 2 N–H and O–H groups in total. The van der Waals surface area contributed by atoms with Crippen molar-refractivity contribution >= 4 is 40.8 Å². The Morgan fingerprint density at radius 3 is 2.46 bits per heavy atom. The second kappa shape index (κ2) is 9.36. The van der Waals surface area contributed by atoms with E-state index >= 15 is 0 Å². The van der Waals surface area contributed by atoms with Crippen LogP contribution in [-0.4, -0.2) is 34.2 Å². The fourth-order valence-corrected chi connectivity index (χ4v) is 2.85. The molecule has 1 aromatic carbocycles. The molecule has 1 heterocycles. The topological polar surface area (TPSA) is 102 Å². The predicted molar refractivity (Wildman–Crippen MR) is 106 cm³/mol. The lowest BCUT2D eigenvalue weighted by atomic mass is 10.2. The first-order chi connectivity index (χ1) is 13.2. The minimum Gasteiger partial charge on any atom is -0.452 e. The molecule has 2 aromatic rings. The van der Waals surface area contributed by atoms with Crippen molar-refractivity contribution in [2.24, 2.45) is 5.92 Å². The van der Waals surface area contributed by atoms with Crippen LogP contribution in [0.25, 0.3) is 0 Å². The fraction of sp³-hybridized carbons (Fsp3) is 0.368. The summed E-state index contributed by atoms with van der Waals surface area (Å²) in [6.45, 7) is 7.16. The smallest absolute Gasteiger partial charge is 0.343 e. The number of hydrogen-bond acceptors (Lipinski definition) is 5. The molecule has 0 saturated heterocycles. The maximum absolute atomic E-state index is 12.3. The molecule has 0 saturated carbocycles. The van der Waals surface area contributed by atoms with Gasteiger partial charge in [0.1, 0.15) is 10.7 Å². The summed E-state index contributed by atoms with van der Waals surface area (Å²) in [7, 11) is 0. The van der Waals surface area contributed by atoms with E-state index in [1.165, 1.54) is 6.92 Å². The number of amides is 2. The van der Waals surface area contributed by atoms with Crippen LogP contribution in [0.15, 0.2) is 24.3 Å². The first-order valence-electron chi connectivity index (χ1n) is 8.75. The molecule has 0 aliphatic rings. The zero-order chi connectivity index (χ0) is 20.8. The molecule has 0 aliphatic carbocycles. The van der Waals surface area contributed by atoms with Crippen molar-refractivity contribution in [2.75, 3.05) is 17.2 Å². The average molecular weight is 407 g/mol. The molecule has 0 fully saturated rings. The molecule has 0 atom stereocenters. The van der Waals surface area contributed by atoms with Gasteiger partial charge in [-0.3, -0.25) is 14.3 Å². The van der Waals surface area contributed by atoms with Crippen LogP contribution in [-0.2, 0) is 20.9 Å². The first kappa shape index (κ1) is 21.4. The van der Waals surface area contributed by atoms with Crippen LogP contribution in [0.4, 0.5) is 11.4 Å². The van der Waals surface area contributed by atoms with Gasteiger partial charge in [0.25, 0.3) is 5.91 Å². The molecule has 150 valence electrons. The van der Waals surface area contributed by atoms with Crippen LogP contribution >= 0.6 is 11.6 Å². The van der Waals surface area contributed by atoms with E-state index < -0.39 is 18.5 Å². The van der Waals surface area contributed by atoms with Crippen LogP contribution in [0.3, 0.4) is 0 Å². The molecule has 0 bridgehead atoms. The second-order valence-electron chi connectivity index (χ2n) is 6.71. The summed E-state index contributed by atoms with van der Waals surface area (Å²) in [4.78, 5) is 35.5. The van der Waals surface area contributed by atoms with Crippen molar-refractivity contribution in [3.05, 3.63) is 40.7 Å². The molecule has 1 aromatic heterocycles. The highest BCUT2D eigenvalue weighted by atomic mass is 35.5. The third-order valence-electron chi connectivity index (χ3n) is 3.61. The number of nitrogens with one attached hydrogen (secondary N) is 2. The number of carbonyl (C=O) groups is 3. The van der Waals surface area contributed by atoms with Crippen molar-refractivity contribution < 1.29 is 19.1 Å². The first-order valence-corrected chi connectivity index (χ1v) is 9.12. The standard InChI is InChI=1S/C19H23ClN4O4/c1-11(2)9-24-18(20)17(12(3)23-24)19(27)28-10-16(26)22-15-7-5-6-14(8-15)21-13(4)25/h5-8,11H,9-10H2,1-4H3,(H,21,25)(H,22,26). The molecule has 28 heavy (non-hydrogen) atoms. The van der Waals surface area contributed by atoms with E-state index in [-0.39, 0.29) is 16.6 Å². The van der Waals surface area contributed by atoms with Gasteiger partial charge in [-0.2, -0.15) is 5.10 Å². The molecular weight excluding hydrogens is 384 g/mol. The minimum atomic E-state index is -0.709. The highest BCUT2D eigenvalue weighted by Gasteiger charge is 2.22. The Bertz CT molecular complexity index is 892. The number of aromatic nitrogens is 2. The lowest BCUT2D eigenvalue weighted by Gasteiger charge is -2.09. The van der Waals surface area contributed by atoms with Crippen LogP contribution in [0.2, 0.25) is 5.15 Å². The maximum Gasteiger partial charge on any atom is 0.343 e.